The molecule has 1 N–H and O–H groups in total. The highest BCUT2D eigenvalue weighted by Crippen LogP contribution is 2.38. The van der Waals surface area contributed by atoms with Gasteiger partial charge in [-0.3, -0.25) is 0 Å². The fourth-order valence-electron chi connectivity index (χ4n) is 3.43. The van der Waals surface area contributed by atoms with E-state index in [9.17, 15) is 0 Å². The maximum atomic E-state index is 6.09. The van der Waals surface area contributed by atoms with E-state index in [-0.39, 0.29) is 0 Å². The molecule has 2 fully saturated rings. The Morgan fingerprint density at radius 2 is 1.95 bits per heavy atom. The standard InChI is InChI=1S/C17H33NO/c1-4-6-11-17(5-2,13-18-15-8-9-15)12-16-10-7-14(3)19-16/h14-16,18H,4-13H2,1-3H3. The Kier molecular flexibility index (Phi) is 5.70. The molecule has 2 rings (SSSR count). The second kappa shape index (κ2) is 7.08. The van der Waals surface area contributed by atoms with Crippen molar-refractivity contribution in [3.05, 3.63) is 0 Å². The highest BCUT2D eigenvalue weighted by atomic mass is 16.5. The Morgan fingerprint density at radius 1 is 1.16 bits per heavy atom. The third-order valence-electron chi connectivity index (χ3n) is 5.13. The van der Waals surface area contributed by atoms with Crippen LogP contribution in [0.1, 0.15) is 78.6 Å². The van der Waals surface area contributed by atoms with Gasteiger partial charge in [-0.05, 0) is 57.3 Å². The lowest BCUT2D eigenvalue weighted by atomic mass is 9.75. The minimum Gasteiger partial charge on any atom is -0.375 e. The van der Waals surface area contributed by atoms with E-state index >= 15 is 0 Å². The molecule has 3 atom stereocenters. The molecule has 1 saturated carbocycles. The molecule has 0 spiro atoms. The third kappa shape index (κ3) is 4.75. The number of nitrogens with one attached hydrogen (secondary N) is 1. The number of ether oxygens (including phenoxy) is 1. The van der Waals surface area contributed by atoms with Crippen molar-refractivity contribution >= 4 is 0 Å². The van der Waals surface area contributed by atoms with Gasteiger partial charge in [0.2, 0.25) is 0 Å². The highest BCUT2D eigenvalue weighted by Gasteiger charge is 2.35. The van der Waals surface area contributed by atoms with Crippen LogP contribution in [-0.4, -0.2) is 24.8 Å². The van der Waals surface area contributed by atoms with Crippen LogP contribution in [-0.2, 0) is 4.74 Å². The maximum absolute atomic E-state index is 6.09. The molecule has 0 amide bonds. The van der Waals surface area contributed by atoms with E-state index in [1.165, 1.54) is 64.3 Å². The highest BCUT2D eigenvalue weighted by molar-refractivity contribution is 4.90. The SMILES string of the molecule is CCCCC(CC)(CNC1CC1)CC1CCC(C)O1. The van der Waals surface area contributed by atoms with E-state index in [2.05, 4.69) is 26.1 Å². The van der Waals surface area contributed by atoms with Crippen molar-refractivity contribution < 1.29 is 4.74 Å². The summed E-state index contributed by atoms with van der Waals surface area (Å²) in [7, 11) is 0. The summed E-state index contributed by atoms with van der Waals surface area (Å²) < 4.78 is 6.09. The number of rotatable bonds is 9. The first-order valence-electron chi connectivity index (χ1n) is 8.56. The summed E-state index contributed by atoms with van der Waals surface area (Å²) in [6.45, 7) is 8.12. The predicted octanol–water partition coefficient (Wildman–Crippen LogP) is 4.28. The summed E-state index contributed by atoms with van der Waals surface area (Å²) in [4.78, 5) is 0. The summed E-state index contributed by atoms with van der Waals surface area (Å²) in [5.41, 5.74) is 0.479. The molecule has 3 unspecified atom stereocenters. The Hall–Kier alpha value is -0.0800. The monoisotopic (exact) mass is 267 g/mol. The fourth-order valence-corrected chi connectivity index (χ4v) is 3.43. The molecular weight excluding hydrogens is 234 g/mol. The van der Waals surface area contributed by atoms with Crippen LogP contribution in [0.4, 0.5) is 0 Å². The van der Waals surface area contributed by atoms with Gasteiger partial charge < -0.3 is 10.1 Å². The molecule has 1 aliphatic carbocycles. The lowest BCUT2D eigenvalue weighted by Crippen LogP contribution is -2.38. The van der Waals surface area contributed by atoms with Gasteiger partial charge in [-0.15, -0.1) is 0 Å². The summed E-state index contributed by atoms with van der Waals surface area (Å²) in [5.74, 6) is 0. The molecule has 2 nitrogen and oxygen atoms in total. The second-order valence-electron chi connectivity index (χ2n) is 6.96. The van der Waals surface area contributed by atoms with Gasteiger partial charge in [-0.1, -0.05) is 26.7 Å². The number of unbranched alkanes of at least 4 members (excludes halogenated alkanes) is 1. The molecule has 19 heavy (non-hydrogen) atoms. The molecule has 112 valence electrons. The van der Waals surface area contributed by atoms with Gasteiger partial charge in [0.25, 0.3) is 0 Å². The van der Waals surface area contributed by atoms with Crippen LogP contribution in [0, 0.1) is 5.41 Å². The molecule has 1 aliphatic heterocycles. The lowest BCUT2D eigenvalue weighted by molar-refractivity contribution is 0.0169. The largest absolute Gasteiger partial charge is 0.375 e. The van der Waals surface area contributed by atoms with E-state index in [1.807, 2.05) is 0 Å². The van der Waals surface area contributed by atoms with Gasteiger partial charge >= 0.3 is 0 Å². The van der Waals surface area contributed by atoms with E-state index in [0.29, 0.717) is 17.6 Å². The third-order valence-corrected chi connectivity index (χ3v) is 5.13. The normalized spacial score (nSPS) is 30.5. The van der Waals surface area contributed by atoms with Gasteiger partial charge in [0.1, 0.15) is 0 Å². The fraction of sp³-hybridized carbons (Fsp3) is 1.00. The van der Waals surface area contributed by atoms with Crippen LogP contribution < -0.4 is 5.32 Å². The first-order valence-corrected chi connectivity index (χ1v) is 8.56. The Bertz CT molecular complexity index is 264. The van der Waals surface area contributed by atoms with Crippen LogP contribution >= 0.6 is 0 Å². The van der Waals surface area contributed by atoms with Crippen molar-refractivity contribution in [2.45, 2.75) is 96.8 Å². The number of hydrogen-bond acceptors (Lipinski definition) is 2. The Balaban J connectivity index is 1.89. The molecule has 1 saturated heterocycles. The zero-order valence-electron chi connectivity index (χ0n) is 13.2. The van der Waals surface area contributed by atoms with Gasteiger partial charge in [0, 0.05) is 12.6 Å². The van der Waals surface area contributed by atoms with Crippen molar-refractivity contribution in [3.63, 3.8) is 0 Å². The Morgan fingerprint density at radius 3 is 2.47 bits per heavy atom. The van der Waals surface area contributed by atoms with Crippen molar-refractivity contribution in [3.8, 4) is 0 Å². The van der Waals surface area contributed by atoms with Crippen LogP contribution in [0.2, 0.25) is 0 Å². The molecular formula is C17H33NO. The van der Waals surface area contributed by atoms with Gasteiger partial charge in [0.15, 0.2) is 0 Å². The van der Waals surface area contributed by atoms with Crippen LogP contribution in [0.3, 0.4) is 0 Å². The molecule has 0 radical (unpaired) electrons. The molecule has 0 aromatic carbocycles. The molecule has 0 bridgehead atoms. The molecule has 0 aromatic rings. The maximum Gasteiger partial charge on any atom is 0.0585 e. The number of hydrogen-bond donors (Lipinski definition) is 1. The van der Waals surface area contributed by atoms with E-state index in [4.69, 9.17) is 4.74 Å². The molecule has 0 aromatic heterocycles. The molecule has 2 heteroatoms. The van der Waals surface area contributed by atoms with Gasteiger partial charge in [-0.25, -0.2) is 0 Å². The van der Waals surface area contributed by atoms with Crippen LogP contribution in [0.15, 0.2) is 0 Å². The van der Waals surface area contributed by atoms with Crippen LogP contribution in [0.5, 0.6) is 0 Å². The average molecular weight is 267 g/mol. The Labute approximate surface area is 119 Å². The average Bonchev–Trinajstić information content (AvgIpc) is 3.16. The minimum absolute atomic E-state index is 0.479. The van der Waals surface area contributed by atoms with Gasteiger partial charge in [0.05, 0.1) is 12.2 Å². The summed E-state index contributed by atoms with van der Waals surface area (Å²) in [6.07, 6.45) is 12.9. The van der Waals surface area contributed by atoms with E-state index in [0.717, 1.165) is 6.04 Å². The minimum atomic E-state index is 0.479. The summed E-state index contributed by atoms with van der Waals surface area (Å²) in [5, 5.41) is 3.79. The lowest BCUT2D eigenvalue weighted by Gasteiger charge is -2.35. The summed E-state index contributed by atoms with van der Waals surface area (Å²) in [6, 6.07) is 0.830. The topological polar surface area (TPSA) is 21.3 Å². The first-order chi connectivity index (χ1) is 9.17. The first kappa shape index (κ1) is 15.3. The molecule has 2 aliphatic rings. The van der Waals surface area contributed by atoms with Gasteiger partial charge in [-0.2, -0.15) is 0 Å². The van der Waals surface area contributed by atoms with E-state index in [1.54, 1.807) is 0 Å². The van der Waals surface area contributed by atoms with Crippen LogP contribution in [0.25, 0.3) is 0 Å². The summed E-state index contributed by atoms with van der Waals surface area (Å²) >= 11 is 0. The van der Waals surface area contributed by atoms with Crippen molar-refractivity contribution in [2.75, 3.05) is 6.54 Å². The van der Waals surface area contributed by atoms with Crippen molar-refractivity contribution in [1.82, 2.24) is 5.32 Å². The predicted molar refractivity (Wildman–Crippen MR) is 81.5 cm³/mol. The zero-order valence-corrected chi connectivity index (χ0v) is 13.2. The van der Waals surface area contributed by atoms with Crippen molar-refractivity contribution in [2.24, 2.45) is 5.41 Å². The molecule has 1 heterocycles. The van der Waals surface area contributed by atoms with E-state index < -0.39 is 0 Å². The second-order valence-corrected chi connectivity index (χ2v) is 6.96. The smallest absolute Gasteiger partial charge is 0.0585 e. The quantitative estimate of drug-likeness (QED) is 0.673. The van der Waals surface area contributed by atoms with Crippen molar-refractivity contribution in [1.29, 1.82) is 0 Å². The zero-order chi connectivity index (χ0) is 13.7.